The number of hydrogen-bond acceptors (Lipinski definition) is 1. The molecule has 0 aliphatic heterocycles. The molecule has 0 radical (unpaired) electrons. The highest BCUT2D eigenvalue weighted by Crippen LogP contribution is 2.24. The van der Waals surface area contributed by atoms with E-state index in [4.69, 9.17) is 11.6 Å². The Hall–Kier alpha value is -1.54. The second-order valence-electron chi connectivity index (χ2n) is 6.40. The van der Waals surface area contributed by atoms with Crippen molar-refractivity contribution in [3.63, 3.8) is 0 Å². The highest BCUT2D eigenvalue weighted by Gasteiger charge is 2.26. The van der Waals surface area contributed by atoms with Gasteiger partial charge in [0, 0.05) is 17.5 Å². The summed E-state index contributed by atoms with van der Waals surface area (Å²) >= 11 is 5.88. The summed E-state index contributed by atoms with van der Waals surface area (Å²) in [4.78, 5) is 12.6. The van der Waals surface area contributed by atoms with E-state index in [1.54, 1.807) is 0 Å². The summed E-state index contributed by atoms with van der Waals surface area (Å²) < 4.78 is 0. The Morgan fingerprint density at radius 2 is 1.81 bits per heavy atom. The van der Waals surface area contributed by atoms with E-state index in [-0.39, 0.29) is 17.4 Å². The quantitative estimate of drug-likeness (QED) is 0.821. The molecule has 0 aromatic heterocycles. The van der Waals surface area contributed by atoms with E-state index in [1.165, 1.54) is 0 Å². The molecular formula is C18H22ClNO. The van der Waals surface area contributed by atoms with Crippen LogP contribution in [-0.2, 0) is 0 Å². The molecule has 0 spiro atoms. The summed E-state index contributed by atoms with van der Waals surface area (Å²) in [6.45, 7) is 6.36. The van der Waals surface area contributed by atoms with Crippen LogP contribution in [0.5, 0.6) is 0 Å². The summed E-state index contributed by atoms with van der Waals surface area (Å²) in [6.07, 6.45) is 0.765. The van der Waals surface area contributed by atoms with Crippen LogP contribution in [0.2, 0.25) is 0 Å². The van der Waals surface area contributed by atoms with Crippen LogP contribution in [-0.4, -0.2) is 17.8 Å². The van der Waals surface area contributed by atoms with E-state index >= 15 is 0 Å². The van der Waals surface area contributed by atoms with Crippen LogP contribution >= 0.6 is 11.6 Å². The minimum absolute atomic E-state index is 0.0187. The number of halogens is 1. The fourth-order valence-corrected chi connectivity index (χ4v) is 2.71. The maximum absolute atomic E-state index is 12.6. The van der Waals surface area contributed by atoms with E-state index in [1.807, 2.05) is 42.5 Å². The Morgan fingerprint density at radius 3 is 2.48 bits per heavy atom. The molecule has 0 heterocycles. The summed E-state index contributed by atoms with van der Waals surface area (Å²) in [5, 5.41) is 5.20. The average Bonchev–Trinajstić information content (AvgIpc) is 2.45. The second-order valence-corrected chi connectivity index (χ2v) is 6.77. The van der Waals surface area contributed by atoms with Gasteiger partial charge in [0.25, 0.3) is 5.91 Å². The van der Waals surface area contributed by atoms with Crippen molar-refractivity contribution in [2.45, 2.75) is 33.2 Å². The number of carbonyl (C=O) groups is 1. The van der Waals surface area contributed by atoms with Crippen LogP contribution < -0.4 is 5.32 Å². The molecule has 1 N–H and O–H groups in total. The van der Waals surface area contributed by atoms with Gasteiger partial charge >= 0.3 is 0 Å². The first-order chi connectivity index (χ1) is 9.93. The van der Waals surface area contributed by atoms with Gasteiger partial charge in [-0.1, -0.05) is 57.2 Å². The molecule has 0 aliphatic carbocycles. The fourth-order valence-electron chi connectivity index (χ4n) is 2.49. The lowest BCUT2D eigenvalue weighted by atomic mass is 9.85. The lowest BCUT2D eigenvalue weighted by Crippen LogP contribution is -2.44. The van der Waals surface area contributed by atoms with Crippen molar-refractivity contribution in [2.75, 3.05) is 5.88 Å². The monoisotopic (exact) mass is 303 g/mol. The number of amides is 1. The van der Waals surface area contributed by atoms with Crippen molar-refractivity contribution in [3.8, 4) is 0 Å². The topological polar surface area (TPSA) is 29.1 Å². The first-order valence-corrected chi connectivity index (χ1v) is 7.81. The molecule has 21 heavy (non-hydrogen) atoms. The van der Waals surface area contributed by atoms with Crippen LogP contribution in [0, 0.1) is 5.41 Å². The van der Waals surface area contributed by atoms with Crippen LogP contribution in [0.3, 0.4) is 0 Å². The van der Waals surface area contributed by atoms with Gasteiger partial charge in [-0.2, -0.15) is 0 Å². The third kappa shape index (κ3) is 3.76. The van der Waals surface area contributed by atoms with Crippen molar-refractivity contribution < 1.29 is 4.79 Å². The highest BCUT2D eigenvalue weighted by atomic mass is 35.5. The molecular weight excluding hydrogens is 282 g/mol. The number of benzene rings is 2. The van der Waals surface area contributed by atoms with Gasteiger partial charge in [0.15, 0.2) is 0 Å². The summed E-state index contributed by atoms with van der Waals surface area (Å²) in [6, 6.07) is 13.8. The first kappa shape index (κ1) is 15.8. The van der Waals surface area contributed by atoms with Crippen LogP contribution in [0.1, 0.15) is 37.6 Å². The average molecular weight is 304 g/mol. The van der Waals surface area contributed by atoms with Gasteiger partial charge < -0.3 is 5.32 Å². The van der Waals surface area contributed by atoms with Crippen LogP contribution in [0.25, 0.3) is 10.8 Å². The molecule has 2 rings (SSSR count). The molecule has 0 fully saturated rings. The Labute approximate surface area is 131 Å². The zero-order valence-corrected chi connectivity index (χ0v) is 13.6. The first-order valence-electron chi connectivity index (χ1n) is 7.28. The second kappa shape index (κ2) is 6.48. The van der Waals surface area contributed by atoms with Gasteiger partial charge in [-0.05, 0) is 28.7 Å². The number of hydrogen-bond donors (Lipinski definition) is 1. The molecule has 0 aliphatic rings. The van der Waals surface area contributed by atoms with E-state index < -0.39 is 0 Å². The Morgan fingerprint density at radius 1 is 1.14 bits per heavy atom. The zero-order chi connectivity index (χ0) is 15.5. The molecule has 0 saturated heterocycles. The van der Waals surface area contributed by atoms with Gasteiger partial charge in [-0.3, -0.25) is 4.79 Å². The van der Waals surface area contributed by atoms with Crippen LogP contribution in [0.15, 0.2) is 42.5 Å². The maximum Gasteiger partial charge on any atom is 0.252 e. The SMILES string of the molecule is CC(C)(C)C(CCCl)NC(=O)c1cccc2ccccc12. The minimum atomic E-state index is -0.0307. The van der Waals surface area contributed by atoms with Crippen molar-refractivity contribution >= 4 is 28.3 Å². The molecule has 0 bridgehead atoms. The van der Waals surface area contributed by atoms with E-state index in [2.05, 4.69) is 26.1 Å². The zero-order valence-electron chi connectivity index (χ0n) is 12.8. The Bertz CT molecular complexity index is 625. The smallest absolute Gasteiger partial charge is 0.252 e. The lowest BCUT2D eigenvalue weighted by molar-refractivity contribution is 0.0902. The molecule has 0 saturated carbocycles. The van der Waals surface area contributed by atoms with Gasteiger partial charge in [0.2, 0.25) is 0 Å². The fraction of sp³-hybridized carbons (Fsp3) is 0.389. The van der Waals surface area contributed by atoms with E-state index in [9.17, 15) is 4.79 Å². The molecule has 1 atom stereocenters. The summed E-state index contributed by atoms with van der Waals surface area (Å²) in [5.74, 6) is 0.509. The highest BCUT2D eigenvalue weighted by molar-refractivity contribution is 6.17. The Balaban J connectivity index is 2.30. The van der Waals surface area contributed by atoms with E-state index in [0.29, 0.717) is 5.88 Å². The number of alkyl halides is 1. The number of carbonyl (C=O) groups excluding carboxylic acids is 1. The molecule has 3 heteroatoms. The van der Waals surface area contributed by atoms with Crippen LogP contribution in [0.4, 0.5) is 0 Å². The molecule has 2 nitrogen and oxygen atoms in total. The van der Waals surface area contributed by atoms with Gasteiger partial charge in [-0.15, -0.1) is 11.6 Å². The van der Waals surface area contributed by atoms with Crippen molar-refractivity contribution in [2.24, 2.45) is 5.41 Å². The summed E-state index contributed by atoms with van der Waals surface area (Å²) in [7, 11) is 0. The number of rotatable bonds is 4. The third-order valence-corrected chi connectivity index (χ3v) is 4.00. The van der Waals surface area contributed by atoms with Crippen molar-refractivity contribution in [3.05, 3.63) is 48.0 Å². The van der Waals surface area contributed by atoms with Crippen molar-refractivity contribution in [1.82, 2.24) is 5.32 Å². The van der Waals surface area contributed by atoms with Crippen molar-refractivity contribution in [1.29, 1.82) is 0 Å². The van der Waals surface area contributed by atoms with E-state index in [0.717, 1.165) is 22.8 Å². The van der Waals surface area contributed by atoms with Gasteiger partial charge in [0.1, 0.15) is 0 Å². The van der Waals surface area contributed by atoms with Gasteiger partial charge in [0.05, 0.1) is 0 Å². The maximum atomic E-state index is 12.6. The molecule has 2 aromatic carbocycles. The normalized spacial score (nSPS) is 13.1. The number of nitrogens with one attached hydrogen (secondary N) is 1. The van der Waals surface area contributed by atoms with Gasteiger partial charge in [-0.25, -0.2) is 0 Å². The molecule has 1 amide bonds. The summed E-state index contributed by atoms with van der Waals surface area (Å²) in [5.41, 5.74) is 0.701. The molecule has 2 aromatic rings. The predicted octanol–water partition coefficient (Wildman–Crippen LogP) is 4.61. The minimum Gasteiger partial charge on any atom is -0.349 e. The standard InChI is InChI=1S/C18H22ClNO/c1-18(2,3)16(11-12-19)20-17(21)15-10-6-8-13-7-4-5-9-14(13)15/h4-10,16H,11-12H2,1-3H3,(H,20,21). The molecule has 1 unspecified atom stereocenters. The third-order valence-electron chi connectivity index (χ3n) is 3.78. The Kier molecular flexibility index (Phi) is 4.89. The predicted molar refractivity (Wildman–Crippen MR) is 90.0 cm³/mol. The lowest BCUT2D eigenvalue weighted by Gasteiger charge is -2.31. The molecule has 112 valence electrons. The number of fused-ring (bicyclic) bond motifs is 1. The largest absolute Gasteiger partial charge is 0.349 e.